The average Bonchev–Trinajstić information content (AvgIpc) is 3.05. The van der Waals surface area contributed by atoms with Gasteiger partial charge in [-0.1, -0.05) is 42.5 Å². The maximum absolute atomic E-state index is 8.97. The number of benzene rings is 3. The molecule has 128 valence electrons. The zero-order valence-electron chi connectivity index (χ0n) is 14.6. The fourth-order valence-electron chi connectivity index (χ4n) is 3.50. The quantitative estimate of drug-likeness (QED) is 0.319. The molecule has 5 rings (SSSR count). The third kappa shape index (κ3) is 2.35. The van der Waals surface area contributed by atoms with E-state index >= 15 is 0 Å². The molecule has 28 heavy (non-hydrogen) atoms. The van der Waals surface area contributed by atoms with Crippen LogP contribution in [0.15, 0.2) is 71.8 Å². The number of rotatable bonds is 1. The summed E-state index contributed by atoms with van der Waals surface area (Å²) in [4.78, 5) is 12.8. The van der Waals surface area contributed by atoms with Gasteiger partial charge in [0, 0.05) is 11.1 Å². The van der Waals surface area contributed by atoms with Gasteiger partial charge in [-0.2, -0.15) is 11.8 Å². The minimum Gasteiger partial charge on any atom is -0.244 e. The molecule has 0 fully saturated rings. The van der Waals surface area contributed by atoms with Crippen LogP contribution in [0.2, 0.25) is 0 Å². The Hall–Kier alpha value is -4.35. The highest BCUT2D eigenvalue weighted by Crippen LogP contribution is 2.36. The first kappa shape index (κ1) is 15.9. The minimum atomic E-state index is 0.575. The van der Waals surface area contributed by atoms with Crippen LogP contribution in [0.3, 0.4) is 0 Å². The van der Waals surface area contributed by atoms with Crippen molar-refractivity contribution < 1.29 is 0 Å². The number of hydrogen-bond acceptors (Lipinski definition) is 4. The van der Waals surface area contributed by atoms with Gasteiger partial charge in [0.05, 0.1) is 33.5 Å². The predicted octanol–water partition coefficient (Wildman–Crippen LogP) is 4.82. The summed E-state index contributed by atoms with van der Waals surface area (Å²) in [6.07, 6.45) is 0. The Balaban J connectivity index is 1.71. The van der Waals surface area contributed by atoms with Gasteiger partial charge in [-0.05, 0) is 35.4 Å². The topological polar surface area (TPSA) is 66.3 Å². The monoisotopic (exact) mass is 357 g/mol. The summed E-state index contributed by atoms with van der Waals surface area (Å²) in [7, 11) is 0. The van der Waals surface area contributed by atoms with Crippen molar-refractivity contribution in [2.75, 3.05) is 0 Å². The molecule has 0 unspecified atom stereocenters. The molecule has 5 nitrogen and oxygen atoms in total. The van der Waals surface area contributed by atoms with Crippen LogP contribution in [0.25, 0.3) is 38.4 Å². The summed E-state index contributed by atoms with van der Waals surface area (Å²) >= 11 is 0. The molecule has 0 radical (unpaired) electrons. The Bertz CT molecular complexity index is 1370. The van der Waals surface area contributed by atoms with E-state index in [1.54, 1.807) is 12.1 Å². The van der Waals surface area contributed by atoms with E-state index in [0.717, 1.165) is 39.0 Å². The van der Waals surface area contributed by atoms with E-state index in [0.29, 0.717) is 17.0 Å². The Morgan fingerprint density at radius 2 is 1.54 bits per heavy atom. The number of aromatic nitrogens is 2. The van der Waals surface area contributed by atoms with Crippen molar-refractivity contribution in [1.29, 1.82) is 5.26 Å². The summed E-state index contributed by atoms with van der Waals surface area (Å²) in [5.41, 5.74) is 7.98. The van der Waals surface area contributed by atoms with E-state index in [9.17, 15) is 0 Å². The molecule has 0 spiro atoms. The van der Waals surface area contributed by atoms with Crippen molar-refractivity contribution in [2.24, 2.45) is 5.10 Å². The number of fused-ring (bicyclic) bond motifs is 4. The second-order valence-electron chi connectivity index (χ2n) is 6.41. The number of nitrogens with zero attached hydrogens (tertiary/aromatic N) is 5. The van der Waals surface area contributed by atoms with E-state index in [2.05, 4.69) is 16.1 Å². The van der Waals surface area contributed by atoms with Gasteiger partial charge in [0.25, 0.3) is 0 Å². The molecule has 4 aromatic rings. The Kier molecular flexibility index (Phi) is 3.47. The fourth-order valence-corrected chi connectivity index (χ4v) is 3.50. The van der Waals surface area contributed by atoms with Crippen LogP contribution in [0.1, 0.15) is 16.8 Å². The lowest BCUT2D eigenvalue weighted by molar-refractivity contribution is 1.28. The van der Waals surface area contributed by atoms with Crippen LogP contribution in [0, 0.1) is 17.9 Å². The molecular formula is C23H11N5. The van der Waals surface area contributed by atoms with Gasteiger partial charge < -0.3 is 0 Å². The predicted molar refractivity (Wildman–Crippen MR) is 107 cm³/mol. The molecule has 0 atom stereocenters. The first-order chi connectivity index (χ1) is 13.8. The molecule has 0 saturated carbocycles. The van der Waals surface area contributed by atoms with Crippen LogP contribution in [-0.4, -0.2) is 15.7 Å². The van der Waals surface area contributed by atoms with Gasteiger partial charge in [-0.25, -0.2) is 9.97 Å². The van der Waals surface area contributed by atoms with Gasteiger partial charge in [0.2, 0.25) is 0 Å². The summed E-state index contributed by atoms with van der Waals surface area (Å²) in [5, 5.41) is 12.9. The van der Waals surface area contributed by atoms with Crippen molar-refractivity contribution in [3.63, 3.8) is 0 Å². The summed E-state index contributed by atoms with van der Waals surface area (Å²) in [5.74, 6) is 0. The van der Waals surface area contributed by atoms with E-state index in [1.807, 2.05) is 54.6 Å². The first-order valence-corrected chi connectivity index (χ1v) is 8.65. The zero-order chi connectivity index (χ0) is 19.1. The third-order valence-electron chi connectivity index (χ3n) is 4.82. The van der Waals surface area contributed by atoms with Crippen molar-refractivity contribution in [2.45, 2.75) is 0 Å². The highest BCUT2D eigenvalue weighted by molar-refractivity contribution is 6.23. The smallest absolute Gasteiger partial charge is 0.181 e. The molecule has 1 aliphatic carbocycles. The molecule has 1 aromatic heterocycles. The highest BCUT2D eigenvalue weighted by atomic mass is 15.2. The van der Waals surface area contributed by atoms with Gasteiger partial charge >= 0.3 is 0 Å². The van der Waals surface area contributed by atoms with Crippen molar-refractivity contribution in [3.8, 4) is 28.5 Å². The molecule has 0 bridgehead atoms. The van der Waals surface area contributed by atoms with Crippen molar-refractivity contribution in [3.05, 3.63) is 95.1 Å². The third-order valence-corrected chi connectivity index (χ3v) is 4.82. The maximum Gasteiger partial charge on any atom is 0.181 e. The lowest BCUT2D eigenvalue weighted by Crippen LogP contribution is -2.01. The molecule has 0 N–H and O–H groups in total. The lowest BCUT2D eigenvalue weighted by atomic mass is 10.0. The van der Waals surface area contributed by atoms with E-state index in [4.69, 9.17) is 21.8 Å². The SMILES string of the molecule is [C-]#[N+]N=C1c2ccccc2-c2nc3cc(-c4ccc(C#N)cc4)ccc3nc21. The van der Waals surface area contributed by atoms with E-state index in [1.165, 1.54) is 0 Å². The number of hydrogen-bond donors (Lipinski definition) is 0. The normalized spacial score (nSPS) is 13.0. The van der Waals surface area contributed by atoms with Gasteiger partial charge in [-0.3, -0.25) is 0 Å². The van der Waals surface area contributed by atoms with E-state index < -0.39 is 0 Å². The Morgan fingerprint density at radius 3 is 2.29 bits per heavy atom. The number of nitriles is 1. The first-order valence-electron chi connectivity index (χ1n) is 8.65. The average molecular weight is 357 g/mol. The molecule has 0 aliphatic heterocycles. The second kappa shape index (κ2) is 6.12. The van der Waals surface area contributed by atoms with Crippen molar-refractivity contribution >= 4 is 16.7 Å². The van der Waals surface area contributed by atoms with Gasteiger partial charge in [-0.15, -0.1) is 4.95 Å². The molecule has 0 saturated heterocycles. The van der Waals surface area contributed by atoms with Gasteiger partial charge in [0.15, 0.2) is 5.71 Å². The standard InChI is InChI=1S/C23H11N5/c1-25-28-22-18-5-3-2-4-17(18)21-23(22)26-19-11-10-16(12-20(19)27-21)15-8-6-14(13-24)7-9-15/h2-12H. The fraction of sp³-hybridized carbons (Fsp3) is 0. The van der Waals surface area contributed by atoms with E-state index in [-0.39, 0.29) is 0 Å². The molecule has 5 heteroatoms. The molecule has 1 heterocycles. The summed E-state index contributed by atoms with van der Waals surface area (Å²) < 4.78 is 0. The second-order valence-corrected chi connectivity index (χ2v) is 6.41. The lowest BCUT2D eigenvalue weighted by Gasteiger charge is -2.06. The van der Waals surface area contributed by atoms with Crippen molar-refractivity contribution in [1.82, 2.24) is 9.97 Å². The summed E-state index contributed by atoms with van der Waals surface area (Å²) in [6, 6.07) is 23.3. The highest BCUT2D eigenvalue weighted by Gasteiger charge is 2.30. The molecule has 0 amide bonds. The largest absolute Gasteiger partial charge is 0.244 e. The Labute approximate surface area is 161 Å². The van der Waals surface area contributed by atoms with Crippen LogP contribution in [-0.2, 0) is 0 Å². The van der Waals surface area contributed by atoms with Gasteiger partial charge in [0.1, 0.15) is 5.69 Å². The zero-order valence-corrected chi connectivity index (χ0v) is 14.6. The maximum atomic E-state index is 8.97. The Morgan fingerprint density at radius 1 is 0.821 bits per heavy atom. The molecule has 1 aliphatic rings. The minimum absolute atomic E-state index is 0.575. The molecule has 3 aromatic carbocycles. The van der Waals surface area contributed by atoms with Crippen LogP contribution in [0.4, 0.5) is 0 Å². The van der Waals surface area contributed by atoms with Crippen LogP contribution >= 0.6 is 0 Å². The molecular weight excluding hydrogens is 346 g/mol. The summed E-state index contributed by atoms with van der Waals surface area (Å²) in [6.45, 7) is 7.13. The van der Waals surface area contributed by atoms with Crippen LogP contribution < -0.4 is 0 Å². The van der Waals surface area contributed by atoms with Crippen LogP contribution in [0.5, 0.6) is 0 Å².